The molecule has 0 heterocycles. The minimum atomic E-state index is -4.58. The Morgan fingerprint density at radius 2 is 1.58 bits per heavy atom. The average molecular weight is 545 g/mol. The Morgan fingerprint density at radius 1 is 0.917 bits per heavy atom. The Kier molecular flexibility index (Phi) is 8.36. The Morgan fingerprint density at radius 3 is 2.17 bits per heavy atom. The summed E-state index contributed by atoms with van der Waals surface area (Å²) in [6.07, 6.45) is -4.58. The highest BCUT2D eigenvalue weighted by molar-refractivity contribution is 7.91. The number of sulfone groups is 1. The number of hydrogen-bond acceptors (Lipinski definition) is 7. The third-order valence-electron chi connectivity index (χ3n) is 4.71. The number of rotatable bonds is 9. The maximum Gasteiger partial charge on any atom is 0.416 e. The van der Waals surface area contributed by atoms with Gasteiger partial charge in [-0.05, 0) is 54.6 Å². The van der Waals surface area contributed by atoms with E-state index in [0.717, 1.165) is 18.2 Å². The molecule has 0 spiro atoms. The van der Waals surface area contributed by atoms with E-state index in [-0.39, 0.29) is 45.3 Å². The van der Waals surface area contributed by atoms with Crippen LogP contribution >= 0.6 is 11.6 Å². The van der Waals surface area contributed by atoms with E-state index in [1.807, 2.05) is 0 Å². The molecule has 0 aliphatic rings. The topological polar surface area (TPSA) is 88.1 Å². The van der Waals surface area contributed by atoms with E-state index in [9.17, 15) is 26.4 Å². The van der Waals surface area contributed by atoms with Crippen molar-refractivity contribution in [2.75, 3.05) is 20.3 Å². The van der Waals surface area contributed by atoms with Gasteiger partial charge in [-0.1, -0.05) is 11.6 Å². The molecule has 0 unspecified atom stereocenters. The summed E-state index contributed by atoms with van der Waals surface area (Å²) in [7, 11) is -2.62. The number of ether oxygens (including phenoxy) is 4. The van der Waals surface area contributed by atoms with Crippen LogP contribution in [0.15, 0.2) is 70.5 Å². The molecule has 0 atom stereocenters. The first-order chi connectivity index (χ1) is 16.9. The van der Waals surface area contributed by atoms with Crippen LogP contribution in [-0.4, -0.2) is 34.7 Å². The first kappa shape index (κ1) is 27.2. The van der Waals surface area contributed by atoms with Crippen LogP contribution in [0, 0.1) is 0 Å². The molecule has 0 N–H and O–H groups in total. The molecule has 3 aromatic rings. The number of halogens is 4. The molecule has 12 heteroatoms. The molecular formula is C24H20ClF3O7S. The van der Waals surface area contributed by atoms with E-state index in [1.165, 1.54) is 56.5 Å². The van der Waals surface area contributed by atoms with E-state index in [0.29, 0.717) is 5.75 Å². The van der Waals surface area contributed by atoms with Crippen molar-refractivity contribution in [1.82, 2.24) is 0 Å². The van der Waals surface area contributed by atoms with Gasteiger partial charge < -0.3 is 18.9 Å². The number of esters is 1. The lowest BCUT2D eigenvalue weighted by Crippen LogP contribution is -2.12. The van der Waals surface area contributed by atoms with Crippen molar-refractivity contribution in [3.8, 4) is 23.0 Å². The maximum atomic E-state index is 13.3. The lowest BCUT2D eigenvalue weighted by atomic mass is 10.2. The smallest absolute Gasteiger partial charge is 0.416 e. The minimum Gasteiger partial charge on any atom is -0.497 e. The van der Waals surface area contributed by atoms with Crippen LogP contribution in [0.1, 0.15) is 12.5 Å². The van der Waals surface area contributed by atoms with Crippen LogP contribution in [-0.2, 0) is 25.5 Å². The van der Waals surface area contributed by atoms with Crippen molar-refractivity contribution < 1.29 is 45.3 Å². The Labute approximate surface area is 210 Å². The summed E-state index contributed by atoms with van der Waals surface area (Å²) < 4.78 is 86.3. The Bertz CT molecular complexity index is 1340. The zero-order chi connectivity index (χ0) is 26.5. The van der Waals surface area contributed by atoms with Gasteiger partial charge in [-0.25, -0.2) is 8.42 Å². The van der Waals surface area contributed by atoms with Crippen molar-refractivity contribution in [1.29, 1.82) is 0 Å². The van der Waals surface area contributed by atoms with Crippen molar-refractivity contribution in [2.24, 2.45) is 0 Å². The summed E-state index contributed by atoms with van der Waals surface area (Å²) in [5.41, 5.74) is -0.949. The molecule has 0 amide bonds. The fraction of sp³-hybridized carbons (Fsp3) is 0.208. The van der Waals surface area contributed by atoms with E-state index < -0.39 is 27.5 Å². The molecule has 36 heavy (non-hydrogen) atoms. The largest absolute Gasteiger partial charge is 0.497 e. The van der Waals surface area contributed by atoms with E-state index in [2.05, 4.69) is 0 Å². The highest BCUT2D eigenvalue weighted by Gasteiger charge is 2.31. The van der Waals surface area contributed by atoms with Gasteiger partial charge in [0.1, 0.15) is 41.1 Å². The van der Waals surface area contributed by atoms with Gasteiger partial charge in [-0.3, -0.25) is 4.79 Å². The second-order valence-electron chi connectivity index (χ2n) is 7.22. The quantitative estimate of drug-likeness (QED) is 0.243. The van der Waals surface area contributed by atoms with Gasteiger partial charge in [0.15, 0.2) is 0 Å². The Balaban J connectivity index is 1.95. The van der Waals surface area contributed by atoms with Gasteiger partial charge in [0, 0.05) is 13.0 Å². The van der Waals surface area contributed by atoms with Crippen molar-refractivity contribution in [3.63, 3.8) is 0 Å². The standard InChI is InChI=1S/C24H20ClF3O7S/c1-15(29)33-11-12-34-22-14-18(35-21-9-3-16(13-20(21)25)24(26,27)28)6-10-23(22)36(30,31)19-7-4-17(32-2)5-8-19/h3-10,13-14H,11-12H2,1-2H3. The molecule has 0 saturated heterocycles. The SMILES string of the molecule is COc1ccc(S(=O)(=O)c2ccc(Oc3ccc(C(F)(F)F)cc3Cl)cc2OCCOC(C)=O)cc1. The van der Waals surface area contributed by atoms with Crippen LogP contribution in [0.4, 0.5) is 13.2 Å². The summed E-state index contributed by atoms with van der Waals surface area (Å²) in [5.74, 6) is -0.240. The van der Waals surface area contributed by atoms with Crippen molar-refractivity contribution in [3.05, 3.63) is 71.2 Å². The number of benzene rings is 3. The van der Waals surface area contributed by atoms with Crippen LogP contribution < -0.4 is 14.2 Å². The number of alkyl halides is 3. The zero-order valence-corrected chi connectivity index (χ0v) is 20.5. The van der Waals surface area contributed by atoms with Crippen molar-refractivity contribution >= 4 is 27.4 Å². The molecule has 7 nitrogen and oxygen atoms in total. The molecule has 0 aromatic heterocycles. The molecule has 192 valence electrons. The first-order valence-electron chi connectivity index (χ1n) is 10.3. The number of carbonyl (C=O) groups excluding carboxylic acids is 1. The molecule has 3 aromatic carbocycles. The summed E-state index contributed by atoms with van der Waals surface area (Å²) >= 11 is 5.95. The van der Waals surface area contributed by atoms with Gasteiger partial charge in [-0.15, -0.1) is 0 Å². The summed E-state index contributed by atoms with van der Waals surface area (Å²) in [6, 6.07) is 12.1. The zero-order valence-electron chi connectivity index (χ0n) is 19.0. The fourth-order valence-corrected chi connectivity index (χ4v) is 4.59. The van der Waals surface area contributed by atoms with Gasteiger partial charge in [-0.2, -0.15) is 13.2 Å². The average Bonchev–Trinajstić information content (AvgIpc) is 2.82. The highest BCUT2D eigenvalue weighted by atomic mass is 35.5. The minimum absolute atomic E-state index is 0.0346. The third kappa shape index (κ3) is 6.61. The van der Waals surface area contributed by atoms with Gasteiger partial charge in [0.05, 0.1) is 22.6 Å². The van der Waals surface area contributed by atoms with Crippen LogP contribution in [0.5, 0.6) is 23.0 Å². The van der Waals surface area contributed by atoms with Gasteiger partial charge >= 0.3 is 12.1 Å². The molecule has 0 fully saturated rings. The van der Waals surface area contributed by atoms with Gasteiger partial charge in [0.25, 0.3) is 0 Å². The molecule has 0 aliphatic carbocycles. The Hall–Kier alpha value is -3.44. The van der Waals surface area contributed by atoms with Crippen LogP contribution in [0.2, 0.25) is 5.02 Å². The normalized spacial score (nSPS) is 11.6. The molecule has 0 bridgehead atoms. The molecular weight excluding hydrogens is 525 g/mol. The lowest BCUT2D eigenvalue weighted by Gasteiger charge is -2.15. The molecule has 0 radical (unpaired) electrons. The van der Waals surface area contributed by atoms with Crippen molar-refractivity contribution in [2.45, 2.75) is 22.9 Å². The summed E-state index contributed by atoms with van der Waals surface area (Å²) in [4.78, 5) is 10.8. The second-order valence-corrected chi connectivity index (χ2v) is 9.55. The monoisotopic (exact) mass is 544 g/mol. The third-order valence-corrected chi connectivity index (χ3v) is 6.81. The van der Waals surface area contributed by atoms with E-state index >= 15 is 0 Å². The second kappa shape index (κ2) is 11.1. The lowest BCUT2D eigenvalue weighted by molar-refractivity contribution is -0.141. The predicted octanol–water partition coefficient (Wildman–Crippen LogP) is 5.93. The maximum absolute atomic E-state index is 13.3. The fourth-order valence-electron chi connectivity index (χ4n) is 2.99. The summed E-state index contributed by atoms with van der Waals surface area (Å²) in [5, 5.41) is -0.294. The van der Waals surface area contributed by atoms with Crippen LogP contribution in [0.3, 0.4) is 0 Å². The van der Waals surface area contributed by atoms with Gasteiger partial charge in [0.2, 0.25) is 9.84 Å². The molecule has 0 aliphatic heterocycles. The van der Waals surface area contributed by atoms with Crippen LogP contribution in [0.25, 0.3) is 0 Å². The summed E-state index contributed by atoms with van der Waals surface area (Å²) in [6.45, 7) is 0.893. The first-order valence-corrected chi connectivity index (χ1v) is 12.1. The van der Waals surface area contributed by atoms with E-state index in [4.69, 9.17) is 30.5 Å². The number of carbonyl (C=O) groups is 1. The predicted molar refractivity (Wildman–Crippen MR) is 124 cm³/mol. The number of hydrogen-bond donors (Lipinski definition) is 0. The highest BCUT2D eigenvalue weighted by Crippen LogP contribution is 2.39. The number of methoxy groups -OCH3 is 1. The van der Waals surface area contributed by atoms with E-state index in [1.54, 1.807) is 0 Å². The molecule has 3 rings (SSSR count). The molecule has 0 saturated carbocycles.